The molecule has 0 heterocycles. The molecule has 2 rings (SSSR count). The third kappa shape index (κ3) is 6.95. The average molecular weight is 503 g/mol. The van der Waals surface area contributed by atoms with E-state index in [2.05, 4.69) is 10.6 Å². The summed E-state index contributed by atoms with van der Waals surface area (Å²) in [5.41, 5.74) is 0.359. The van der Waals surface area contributed by atoms with E-state index in [4.69, 9.17) is 18.9 Å². The molecule has 0 atom stereocenters. The van der Waals surface area contributed by atoms with E-state index in [9.17, 15) is 24.3 Å². The number of carbonyl (C=O) groups excluding carboxylic acids is 4. The highest BCUT2D eigenvalue weighted by molar-refractivity contribution is 6.03. The van der Waals surface area contributed by atoms with Crippen LogP contribution in [-0.4, -0.2) is 75.5 Å². The summed E-state index contributed by atoms with van der Waals surface area (Å²) in [5.74, 6) is -2.35. The van der Waals surface area contributed by atoms with Crippen molar-refractivity contribution in [3.63, 3.8) is 0 Å². The van der Waals surface area contributed by atoms with Crippen LogP contribution in [-0.2, 0) is 9.47 Å². The Morgan fingerprint density at radius 2 is 1.08 bits per heavy atom. The highest BCUT2D eigenvalue weighted by Crippen LogP contribution is 2.26. The number of hydrogen-bond donors (Lipinski definition) is 3. The first-order chi connectivity index (χ1) is 17.3. The lowest BCUT2D eigenvalue weighted by molar-refractivity contribution is 0.0512. The van der Waals surface area contributed by atoms with Gasteiger partial charge in [0.25, 0.3) is 11.8 Å². The van der Waals surface area contributed by atoms with Crippen LogP contribution in [0.1, 0.15) is 55.3 Å². The van der Waals surface area contributed by atoms with Crippen molar-refractivity contribution in [1.29, 1.82) is 0 Å². The van der Waals surface area contributed by atoms with E-state index < -0.39 is 29.9 Å². The first-order valence-corrected chi connectivity index (χ1v) is 11.2. The summed E-state index contributed by atoms with van der Waals surface area (Å²) in [5, 5.41) is 15.4. The van der Waals surface area contributed by atoms with E-state index in [1.54, 1.807) is 13.8 Å². The van der Waals surface area contributed by atoms with Crippen LogP contribution in [0.3, 0.4) is 0 Å². The summed E-state index contributed by atoms with van der Waals surface area (Å²) >= 11 is 0. The van der Waals surface area contributed by atoms with Gasteiger partial charge in [-0.15, -0.1) is 0 Å². The molecular formula is C25H30N2O9. The quantitative estimate of drug-likeness (QED) is 0.368. The molecular weight excluding hydrogens is 472 g/mol. The van der Waals surface area contributed by atoms with E-state index >= 15 is 0 Å². The van der Waals surface area contributed by atoms with Crippen molar-refractivity contribution >= 4 is 23.8 Å². The van der Waals surface area contributed by atoms with Gasteiger partial charge in [0.05, 0.1) is 44.7 Å². The molecule has 0 aliphatic carbocycles. The minimum absolute atomic E-state index is 0.0461. The molecule has 2 amide bonds. The number of aliphatic hydroxyl groups is 1. The monoisotopic (exact) mass is 502 g/mol. The van der Waals surface area contributed by atoms with Crippen molar-refractivity contribution in [2.24, 2.45) is 0 Å². The number of hydrogen-bond acceptors (Lipinski definition) is 9. The molecule has 2 aromatic carbocycles. The molecule has 0 aliphatic rings. The molecule has 36 heavy (non-hydrogen) atoms. The Morgan fingerprint density at radius 1 is 0.722 bits per heavy atom. The zero-order chi connectivity index (χ0) is 26.7. The fourth-order valence-electron chi connectivity index (χ4n) is 3.29. The van der Waals surface area contributed by atoms with Gasteiger partial charge in [-0.25, -0.2) is 9.59 Å². The lowest BCUT2D eigenvalue weighted by atomic mass is 10.1. The highest BCUT2D eigenvalue weighted by Gasteiger charge is 2.23. The number of aliphatic hydroxyl groups excluding tert-OH is 1. The van der Waals surface area contributed by atoms with E-state index in [1.807, 2.05) is 0 Å². The van der Waals surface area contributed by atoms with Gasteiger partial charge in [0.2, 0.25) is 0 Å². The van der Waals surface area contributed by atoms with E-state index in [1.165, 1.54) is 50.6 Å². The number of benzene rings is 2. The Bertz CT molecular complexity index is 1020. The molecule has 0 radical (unpaired) electrons. The molecule has 3 N–H and O–H groups in total. The lowest BCUT2D eigenvalue weighted by Crippen LogP contribution is -2.40. The Hall–Kier alpha value is -4.12. The first-order valence-electron chi connectivity index (χ1n) is 11.2. The van der Waals surface area contributed by atoms with Crippen molar-refractivity contribution in [3.05, 3.63) is 58.7 Å². The van der Waals surface area contributed by atoms with Crippen LogP contribution in [0.15, 0.2) is 36.4 Å². The molecule has 0 aromatic heterocycles. The van der Waals surface area contributed by atoms with Gasteiger partial charge in [-0.2, -0.15) is 0 Å². The average Bonchev–Trinajstić information content (AvgIpc) is 2.89. The maximum Gasteiger partial charge on any atom is 0.341 e. The smallest absolute Gasteiger partial charge is 0.341 e. The van der Waals surface area contributed by atoms with Gasteiger partial charge >= 0.3 is 11.9 Å². The lowest BCUT2D eigenvalue weighted by Gasteiger charge is -2.16. The number of amides is 2. The van der Waals surface area contributed by atoms with Crippen LogP contribution >= 0.6 is 0 Å². The maximum absolute atomic E-state index is 12.7. The Labute approximate surface area is 208 Å². The molecule has 0 bridgehead atoms. The van der Waals surface area contributed by atoms with Gasteiger partial charge in [-0.05, 0) is 38.1 Å². The van der Waals surface area contributed by atoms with E-state index in [0.717, 1.165) is 0 Å². The number of carbonyl (C=O) groups is 4. The van der Waals surface area contributed by atoms with Crippen molar-refractivity contribution < 1.29 is 43.2 Å². The summed E-state index contributed by atoms with van der Waals surface area (Å²) in [6, 6.07) is 8.91. The zero-order valence-electron chi connectivity index (χ0n) is 20.6. The third-order valence-electron chi connectivity index (χ3n) is 4.91. The Kier molecular flexibility index (Phi) is 10.7. The number of rotatable bonds is 12. The molecule has 0 unspecified atom stereocenters. The molecule has 11 heteroatoms. The molecule has 0 aliphatic heterocycles. The van der Waals surface area contributed by atoms with Crippen molar-refractivity contribution in [1.82, 2.24) is 10.6 Å². The van der Waals surface area contributed by atoms with Gasteiger partial charge in [-0.3, -0.25) is 9.59 Å². The van der Waals surface area contributed by atoms with E-state index in [-0.39, 0.29) is 60.1 Å². The van der Waals surface area contributed by atoms with Crippen LogP contribution in [0.2, 0.25) is 0 Å². The summed E-state index contributed by atoms with van der Waals surface area (Å²) in [4.78, 5) is 49.6. The largest absolute Gasteiger partial charge is 0.495 e. The van der Waals surface area contributed by atoms with Crippen LogP contribution in [0.5, 0.6) is 11.5 Å². The molecule has 194 valence electrons. The van der Waals surface area contributed by atoms with E-state index in [0.29, 0.717) is 0 Å². The van der Waals surface area contributed by atoms with Gasteiger partial charge in [0, 0.05) is 13.1 Å². The highest BCUT2D eigenvalue weighted by atomic mass is 16.5. The summed E-state index contributed by atoms with van der Waals surface area (Å²) in [7, 11) is 2.65. The Balaban J connectivity index is 2.02. The second-order valence-corrected chi connectivity index (χ2v) is 7.29. The van der Waals surface area contributed by atoms with Crippen molar-refractivity contribution in [2.45, 2.75) is 20.0 Å². The van der Waals surface area contributed by atoms with Gasteiger partial charge < -0.3 is 34.7 Å². The summed E-state index contributed by atoms with van der Waals surface area (Å²) in [6.45, 7) is 3.24. The standard InChI is InChI=1S/C25H30N2O9/c1-5-35-24(31)18-11-7-9-16(20(18)33-3)22(29)26-13-15(28)14-27-23(30)17-10-8-12-19(21(17)34-4)25(32)36-6-2/h7-12,15,28H,5-6,13-14H2,1-4H3,(H,26,29)(H,27,30). The normalized spacial score (nSPS) is 10.4. The SMILES string of the molecule is CCOC(=O)c1cccc(C(=O)NCC(O)CNC(=O)c2cccc(C(=O)OCC)c2OC)c1OC. The fraction of sp³-hybridized carbons (Fsp3) is 0.360. The number of nitrogens with one attached hydrogen (secondary N) is 2. The Morgan fingerprint density at radius 3 is 1.42 bits per heavy atom. The van der Waals surface area contributed by atoms with Gasteiger partial charge in [0.15, 0.2) is 0 Å². The summed E-state index contributed by atoms with van der Waals surface area (Å²) < 4.78 is 20.4. The maximum atomic E-state index is 12.7. The van der Waals surface area contributed by atoms with Crippen molar-refractivity contribution in [2.75, 3.05) is 40.5 Å². The first kappa shape index (κ1) is 28.1. The third-order valence-corrected chi connectivity index (χ3v) is 4.91. The number of esters is 2. The zero-order valence-corrected chi connectivity index (χ0v) is 20.6. The second-order valence-electron chi connectivity index (χ2n) is 7.29. The number of methoxy groups -OCH3 is 2. The molecule has 0 fully saturated rings. The minimum atomic E-state index is -1.14. The van der Waals surface area contributed by atoms with Crippen LogP contribution in [0.25, 0.3) is 0 Å². The molecule has 0 saturated heterocycles. The van der Waals surface area contributed by atoms with Gasteiger partial charge in [0.1, 0.15) is 22.6 Å². The second kappa shape index (κ2) is 13.7. The fourth-order valence-corrected chi connectivity index (χ4v) is 3.29. The minimum Gasteiger partial charge on any atom is -0.495 e. The topological polar surface area (TPSA) is 149 Å². The molecule has 0 spiro atoms. The predicted molar refractivity (Wildman–Crippen MR) is 129 cm³/mol. The predicted octanol–water partition coefficient (Wildman–Crippen LogP) is 1.58. The molecule has 11 nitrogen and oxygen atoms in total. The van der Waals surface area contributed by atoms with Gasteiger partial charge in [-0.1, -0.05) is 12.1 Å². The van der Waals surface area contributed by atoms with Crippen LogP contribution in [0.4, 0.5) is 0 Å². The van der Waals surface area contributed by atoms with Crippen LogP contribution < -0.4 is 20.1 Å². The number of para-hydroxylation sites is 2. The number of ether oxygens (including phenoxy) is 4. The molecule has 0 saturated carbocycles. The molecule has 2 aromatic rings. The van der Waals surface area contributed by atoms with Crippen molar-refractivity contribution in [3.8, 4) is 11.5 Å². The van der Waals surface area contributed by atoms with Crippen LogP contribution in [0, 0.1) is 0 Å². The summed E-state index contributed by atoms with van der Waals surface area (Å²) in [6.07, 6.45) is -1.14.